The summed E-state index contributed by atoms with van der Waals surface area (Å²) in [7, 11) is 0. The zero-order valence-corrected chi connectivity index (χ0v) is 11.4. The van der Waals surface area contributed by atoms with Crippen LogP contribution in [-0.4, -0.2) is 4.92 Å². The summed E-state index contributed by atoms with van der Waals surface area (Å²) in [6.07, 6.45) is 1.01. The Kier molecular flexibility index (Phi) is 4.89. The lowest BCUT2D eigenvalue weighted by Crippen LogP contribution is -2.02. The van der Waals surface area contributed by atoms with Gasteiger partial charge in [-0.1, -0.05) is 30.3 Å². The highest BCUT2D eigenvalue weighted by molar-refractivity contribution is 5.40. The second-order valence-electron chi connectivity index (χ2n) is 4.44. The molecule has 0 bridgehead atoms. The first-order chi connectivity index (χ1) is 10.2. The van der Waals surface area contributed by atoms with Crippen LogP contribution >= 0.6 is 0 Å². The smallest absolute Gasteiger partial charge is 0.276 e. The summed E-state index contributed by atoms with van der Waals surface area (Å²) in [6, 6.07) is 16.0. The second kappa shape index (κ2) is 7.06. The van der Waals surface area contributed by atoms with Crippen LogP contribution in [-0.2, 0) is 13.0 Å². The van der Waals surface area contributed by atoms with Crippen molar-refractivity contribution in [3.8, 4) is 11.8 Å². The summed E-state index contributed by atoms with van der Waals surface area (Å²) < 4.78 is 5.70. The van der Waals surface area contributed by atoms with E-state index in [-0.39, 0.29) is 12.3 Å². The minimum absolute atomic E-state index is 0.0482. The number of benzene rings is 2. The van der Waals surface area contributed by atoms with Crippen molar-refractivity contribution in [2.45, 2.75) is 19.4 Å². The number of nitrogens with zero attached hydrogens (tertiary/aromatic N) is 2. The Labute approximate surface area is 122 Å². The molecule has 106 valence electrons. The van der Waals surface area contributed by atoms with Crippen LogP contribution in [0, 0.1) is 21.4 Å². The molecule has 0 radical (unpaired) electrons. The van der Waals surface area contributed by atoms with Gasteiger partial charge in [-0.3, -0.25) is 10.1 Å². The van der Waals surface area contributed by atoms with Gasteiger partial charge in [-0.05, 0) is 24.1 Å². The number of nitro benzene ring substituents is 1. The van der Waals surface area contributed by atoms with Crippen LogP contribution in [0.5, 0.6) is 5.75 Å². The molecule has 0 aliphatic carbocycles. The van der Waals surface area contributed by atoms with Crippen molar-refractivity contribution < 1.29 is 9.66 Å². The van der Waals surface area contributed by atoms with Crippen molar-refractivity contribution in [2.75, 3.05) is 0 Å². The van der Waals surface area contributed by atoms with E-state index in [1.54, 1.807) is 18.2 Å². The zero-order chi connectivity index (χ0) is 15.1. The van der Waals surface area contributed by atoms with Gasteiger partial charge < -0.3 is 4.74 Å². The van der Waals surface area contributed by atoms with Gasteiger partial charge in [0.2, 0.25) is 0 Å². The van der Waals surface area contributed by atoms with Crippen molar-refractivity contribution >= 4 is 5.69 Å². The van der Waals surface area contributed by atoms with Gasteiger partial charge in [0.05, 0.1) is 16.6 Å². The van der Waals surface area contributed by atoms with E-state index in [1.165, 1.54) is 6.07 Å². The molecule has 21 heavy (non-hydrogen) atoms. The Bertz CT molecular complexity index is 677. The fourth-order valence-corrected chi connectivity index (χ4v) is 2.01. The number of hydrogen-bond acceptors (Lipinski definition) is 4. The normalized spacial score (nSPS) is 9.86. The van der Waals surface area contributed by atoms with Crippen molar-refractivity contribution in [2.24, 2.45) is 0 Å². The summed E-state index contributed by atoms with van der Waals surface area (Å²) in [4.78, 5) is 10.5. The van der Waals surface area contributed by atoms with Crippen molar-refractivity contribution in [3.63, 3.8) is 0 Å². The largest absolute Gasteiger partial charge is 0.488 e. The molecule has 5 heteroatoms. The molecule has 0 heterocycles. The van der Waals surface area contributed by atoms with Crippen molar-refractivity contribution in [1.29, 1.82) is 5.26 Å². The molecule has 0 aromatic heterocycles. The van der Waals surface area contributed by atoms with Gasteiger partial charge in [-0.2, -0.15) is 5.26 Å². The highest BCUT2D eigenvalue weighted by Gasteiger charge is 2.13. The van der Waals surface area contributed by atoms with Gasteiger partial charge >= 0.3 is 0 Å². The lowest BCUT2D eigenvalue weighted by molar-refractivity contribution is -0.385. The van der Waals surface area contributed by atoms with Crippen molar-refractivity contribution in [3.05, 3.63) is 69.8 Å². The second-order valence-corrected chi connectivity index (χ2v) is 4.44. The van der Waals surface area contributed by atoms with E-state index < -0.39 is 4.92 Å². The number of hydrogen-bond donors (Lipinski definition) is 0. The van der Waals surface area contributed by atoms with E-state index in [2.05, 4.69) is 6.07 Å². The van der Waals surface area contributed by atoms with Crippen LogP contribution in [0.25, 0.3) is 0 Å². The van der Waals surface area contributed by atoms with Crippen LogP contribution < -0.4 is 4.74 Å². The molecule has 0 fully saturated rings. The summed E-state index contributed by atoms with van der Waals surface area (Å²) in [5.41, 5.74) is 1.50. The van der Waals surface area contributed by atoms with E-state index in [4.69, 9.17) is 10.00 Å². The monoisotopic (exact) mass is 282 g/mol. The molecule has 0 saturated heterocycles. The van der Waals surface area contributed by atoms with Gasteiger partial charge in [0, 0.05) is 12.5 Å². The lowest BCUT2D eigenvalue weighted by Gasteiger charge is -2.10. The third-order valence-electron chi connectivity index (χ3n) is 3.05. The molecule has 2 aromatic rings. The van der Waals surface area contributed by atoms with Crippen molar-refractivity contribution in [1.82, 2.24) is 0 Å². The summed E-state index contributed by atoms with van der Waals surface area (Å²) >= 11 is 0. The lowest BCUT2D eigenvalue weighted by atomic mass is 10.1. The molecular formula is C16H14N2O3. The fourth-order valence-electron chi connectivity index (χ4n) is 2.01. The molecule has 2 aromatic carbocycles. The summed E-state index contributed by atoms with van der Waals surface area (Å²) in [5.74, 6) is 0.658. The number of ether oxygens (including phenoxy) is 1. The van der Waals surface area contributed by atoms with Crippen LogP contribution in [0.15, 0.2) is 48.5 Å². The molecule has 0 saturated carbocycles. The first-order valence-electron chi connectivity index (χ1n) is 6.52. The molecule has 2 rings (SSSR count). The quantitative estimate of drug-likeness (QED) is 0.598. The maximum atomic E-state index is 11.0. The number of nitro groups is 1. The van der Waals surface area contributed by atoms with Crippen LogP contribution in [0.1, 0.15) is 17.5 Å². The fraction of sp³-hybridized carbons (Fsp3) is 0.188. The summed E-state index contributed by atoms with van der Waals surface area (Å²) in [6.45, 7) is 0.126. The maximum Gasteiger partial charge on any atom is 0.276 e. The minimum Gasteiger partial charge on any atom is -0.488 e. The predicted molar refractivity (Wildman–Crippen MR) is 77.8 cm³/mol. The van der Waals surface area contributed by atoms with Gasteiger partial charge in [-0.15, -0.1) is 0 Å². The number of rotatable bonds is 6. The van der Waals surface area contributed by atoms with Gasteiger partial charge in [0.25, 0.3) is 5.69 Å². The molecule has 0 unspecified atom stereocenters. The van der Waals surface area contributed by atoms with Gasteiger partial charge in [0.1, 0.15) is 12.4 Å². The van der Waals surface area contributed by atoms with E-state index in [1.807, 2.05) is 24.3 Å². The first-order valence-corrected chi connectivity index (χ1v) is 6.52. The Balaban J connectivity index is 2.14. The molecule has 5 nitrogen and oxygen atoms in total. The Morgan fingerprint density at radius 1 is 1.10 bits per heavy atom. The highest BCUT2D eigenvalue weighted by Crippen LogP contribution is 2.23. The average molecular weight is 282 g/mol. The molecule has 0 atom stereocenters. The van der Waals surface area contributed by atoms with E-state index in [0.717, 1.165) is 5.56 Å². The van der Waals surface area contributed by atoms with E-state index in [0.29, 0.717) is 24.2 Å². The average Bonchev–Trinajstić information content (AvgIpc) is 2.52. The Hall–Kier alpha value is -2.87. The topological polar surface area (TPSA) is 76.2 Å². The molecule has 0 N–H and O–H groups in total. The predicted octanol–water partition coefficient (Wildman–Crippen LogP) is 3.63. The standard InChI is InChI=1S/C16H14N2O3/c17-11-5-8-13-6-2-4-10-16(13)21-12-14-7-1-3-9-15(14)18(19)20/h1-4,6-7,9-10H,5,8,12H2. The maximum absolute atomic E-state index is 11.0. The number of aryl methyl sites for hydroxylation is 1. The number of para-hydroxylation sites is 2. The first kappa shape index (κ1) is 14.5. The Morgan fingerprint density at radius 2 is 1.76 bits per heavy atom. The minimum atomic E-state index is -0.416. The molecular weight excluding hydrogens is 268 g/mol. The molecule has 0 aliphatic rings. The summed E-state index contributed by atoms with van der Waals surface area (Å²) in [5, 5.41) is 19.6. The number of nitriles is 1. The van der Waals surface area contributed by atoms with Gasteiger partial charge in [0.15, 0.2) is 0 Å². The van der Waals surface area contributed by atoms with Crippen LogP contribution in [0.2, 0.25) is 0 Å². The Morgan fingerprint density at radius 3 is 2.48 bits per heavy atom. The third-order valence-corrected chi connectivity index (χ3v) is 3.05. The van der Waals surface area contributed by atoms with Gasteiger partial charge in [-0.25, -0.2) is 0 Å². The molecule has 0 amide bonds. The van der Waals surface area contributed by atoms with E-state index in [9.17, 15) is 10.1 Å². The molecule has 0 aliphatic heterocycles. The van der Waals surface area contributed by atoms with E-state index >= 15 is 0 Å². The molecule has 0 spiro atoms. The SMILES string of the molecule is N#CCCc1ccccc1OCc1ccccc1[N+](=O)[O-]. The highest BCUT2D eigenvalue weighted by atomic mass is 16.6. The van der Waals surface area contributed by atoms with Crippen LogP contribution in [0.4, 0.5) is 5.69 Å². The zero-order valence-electron chi connectivity index (χ0n) is 11.4. The van der Waals surface area contributed by atoms with Crippen LogP contribution in [0.3, 0.4) is 0 Å². The third kappa shape index (κ3) is 3.80.